The maximum absolute atomic E-state index is 13.4. The van der Waals surface area contributed by atoms with E-state index in [4.69, 9.17) is 0 Å². The quantitative estimate of drug-likeness (QED) is 0.843. The Hall–Kier alpha value is -1.42. The van der Waals surface area contributed by atoms with Crippen LogP contribution in [0.3, 0.4) is 0 Å². The van der Waals surface area contributed by atoms with Crippen molar-refractivity contribution in [1.82, 2.24) is 10.6 Å². The van der Waals surface area contributed by atoms with Crippen LogP contribution in [0.1, 0.15) is 35.7 Å². The normalized spacial score (nSPS) is 23.7. The average Bonchev–Trinajstić information content (AvgIpc) is 2.35. The van der Waals surface area contributed by atoms with E-state index in [0.29, 0.717) is 11.1 Å². The first-order chi connectivity index (χ1) is 8.58. The lowest BCUT2D eigenvalue weighted by Gasteiger charge is -2.30. The first-order valence-electron chi connectivity index (χ1n) is 6.38. The van der Waals surface area contributed by atoms with Crippen molar-refractivity contribution >= 4 is 5.91 Å². The van der Waals surface area contributed by atoms with E-state index in [0.717, 1.165) is 19.4 Å². The monoisotopic (exact) mass is 250 g/mol. The minimum absolute atomic E-state index is 0.121. The van der Waals surface area contributed by atoms with Crippen molar-refractivity contribution in [3.8, 4) is 0 Å². The molecule has 98 valence electrons. The predicted molar refractivity (Wildman–Crippen MR) is 69.1 cm³/mol. The van der Waals surface area contributed by atoms with Crippen molar-refractivity contribution in [1.29, 1.82) is 0 Å². The lowest BCUT2D eigenvalue weighted by atomic mass is 9.99. The largest absolute Gasteiger partial charge is 0.348 e. The second kappa shape index (κ2) is 5.48. The summed E-state index contributed by atoms with van der Waals surface area (Å²) in [6.07, 6.45) is 2.02. The Morgan fingerprint density at radius 1 is 1.50 bits per heavy atom. The summed E-state index contributed by atoms with van der Waals surface area (Å²) in [7, 11) is 0. The van der Waals surface area contributed by atoms with Crippen LogP contribution in [0, 0.1) is 12.7 Å². The summed E-state index contributed by atoms with van der Waals surface area (Å²) < 4.78 is 13.4. The van der Waals surface area contributed by atoms with E-state index < -0.39 is 0 Å². The van der Waals surface area contributed by atoms with Gasteiger partial charge in [-0.2, -0.15) is 0 Å². The van der Waals surface area contributed by atoms with Gasteiger partial charge in [-0.1, -0.05) is 6.07 Å². The fourth-order valence-corrected chi connectivity index (χ4v) is 2.23. The molecule has 1 amide bonds. The van der Waals surface area contributed by atoms with Gasteiger partial charge in [-0.25, -0.2) is 4.39 Å². The molecule has 1 aliphatic heterocycles. The SMILES string of the molecule is Cc1ccc(C(=O)N[C@H]2CCCN[C@H]2C)cc1F. The van der Waals surface area contributed by atoms with Crippen LogP contribution in [0.25, 0.3) is 0 Å². The van der Waals surface area contributed by atoms with E-state index in [9.17, 15) is 9.18 Å². The summed E-state index contributed by atoms with van der Waals surface area (Å²) in [6, 6.07) is 4.97. The highest BCUT2D eigenvalue weighted by molar-refractivity contribution is 5.94. The molecule has 0 bridgehead atoms. The Kier molecular flexibility index (Phi) is 3.97. The highest BCUT2D eigenvalue weighted by Gasteiger charge is 2.22. The summed E-state index contributed by atoms with van der Waals surface area (Å²) in [5, 5.41) is 6.28. The molecule has 1 saturated heterocycles. The van der Waals surface area contributed by atoms with Crippen molar-refractivity contribution in [2.75, 3.05) is 6.54 Å². The third kappa shape index (κ3) is 2.88. The summed E-state index contributed by atoms with van der Waals surface area (Å²) in [5.41, 5.74) is 0.940. The molecule has 4 heteroatoms. The van der Waals surface area contributed by atoms with Crippen LogP contribution in [0.15, 0.2) is 18.2 Å². The second-order valence-electron chi connectivity index (χ2n) is 4.93. The Balaban J connectivity index is 2.04. The zero-order valence-electron chi connectivity index (χ0n) is 10.8. The molecule has 0 unspecified atom stereocenters. The van der Waals surface area contributed by atoms with E-state index in [2.05, 4.69) is 17.6 Å². The maximum Gasteiger partial charge on any atom is 0.251 e. The minimum atomic E-state index is -0.336. The van der Waals surface area contributed by atoms with Gasteiger partial charge in [-0.3, -0.25) is 4.79 Å². The second-order valence-corrected chi connectivity index (χ2v) is 4.93. The smallest absolute Gasteiger partial charge is 0.251 e. The molecule has 3 nitrogen and oxygen atoms in total. The molecule has 0 radical (unpaired) electrons. The molecular weight excluding hydrogens is 231 g/mol. The summed E-state index contributed by atoms with van der Waals surface area (Å²) in [5.74, 6) is -0.535. The van der Waals surface area contributed by atoms with Gasteiger partial charge in [0.15, 0.2) is 0 Å². The molecule has 18 heavy (non-hydrogen) atoms. The van der Waals surface area contributed by atoms with Gasteiger partial charge >= 0.3 is 0 Å². The third-order valence-electron chi connectivity index (χ3n) is 3.51. The van der Waals surface area contributed by atoms with E-state index in [1.54, 1.807) is 19.1 Å². The van der Waals surface area contributed by atoms with Crippen LogP contribution in [-0.2, 0) is 0 Å². The predicted octanol–water partition coefficient (Wildman–Crippen LogP) is 2.00. The van der Waals surface area contributed by atoms with Crippen LogP contribution in [-0.4, -0.2) is 24.5 Å². The maximum atomic E-state index is 13.4. The van der Waals surface area contributed by atoms with Gasteiger partial charge in [0.25, 0.3) is 5.91 Å². The highest BCUT2D eigenvalue weighted by atomic mass is 19.1. The molecule has 0 spiro atoms. The van der Waals surface area contributed by atoms with Gasteiger partial charge in [0.05, 0.1) is 0 Å². The Labute approximate surface area is 107 Å². The molecular formula is C14H19FN2O. The van der Waals surface area contributed by atoms with Gasteiger partial charge in [-0.05, 0) is 50.9 Å². The van der Waals surface area contributed by atoms with Gasteiger partial charge in [0.2, 0.25) is 0 Å². The lowest BCUT2D eigenvalue weighted by Crippen LogP contribution is -2.51. The van der Waals surface area contributed by atoms with Gasteiger partial charge in [-0.15, -0.1) is 0 Å². The number of carbonyl (C=O) groups excluding carboxylic acids is 1. The molecule has 1 heterocycles. The number of benzene rings is 1. The molecule has 1 aromatic rings. The van der Waals surface area contributed by atoms with Gasteiger partial charge in [0, 0.05) is 17.6 Å². The molecule has 2 rings (SSSR count). The molecule has 1 fully saturated rings. The van der Waals surface area contributed by atoms with Crippen LogP contribution >= 0.6 is 0 Å². The number of piperidine rings is 1. The van der Waals surface area contributed by atoms with Gasteiger partial charge < -0.3 is 10.6 Å². The number of halogens is 1. The van der Waals surface area contributed by atoms with Crippen LogP contribution in [0.4, 0.5) is 4.39 Å². The first kappa shape index (κ1) is 13.0. The van der Waals surface area contributed by atoms with Crippen molar-refractivity contribution in [2.24, 2.45) is 0 Å². The van der Waals surface area contributed by atoms with Crippen molar-refractivity contribution in [3.63, 3.8) is 0 Å². The fraction of sp³-hybridized carbons (Fsp3) is 0.500. The summed E-state index contributed by atoms with van der Waals surface area (Å²) in [6.45, 7) is 4.73. The molecule has 2 N–H and O–H groups in total. The zero-order chi connectivity index (χ0) is 13.1. The minimum Gasteiger partial charge on any atom is -0.348 e. The Morgan fingerprint density at radius 2 is 2.28 bits per heavy atom. The summed E-state index contributed by atoms with van der Waals surface area (Å²) in [4.78, 5) is 12.0. The van der Waals surface area contributed by atoms with Crippen molar-refractivity contribution in [2.45, 2.75) is 38.8 Å². The van der Waals surface area contributed by atoms with Crippen LogP contribution in [0.2, 0.25) is 0 Å². The van der Waals surface area contributed by atoms with E-state index in [1.807, 2.05) is 0 Å². The van der Waals surface area contributed by atoms with Crippen molar-refractivity contribution < 1.29 is 9.18 Å². The fourth-order valence-electron chi connectivity index (χ4n) is 2.23. The van der Waals surface area contributed by atoms with E-state index in [1.165, 1.54) is 6.07 Å². The Morgan fingerprint density at radius 3 is 2.94 bits per heavy atom. The Bertz CT molecular complexity index is 447. The topological polar surface area (TPSA) is 41.1 Å². The molecule has 0 aliphatic carbocycles. The lowest BCUT2D eigenvalue weighted by molar-refractivity contribution is 0.0919. The van der Waals surface area contributed by atoms with E-state index >= 15 is 0 Å². The highest BCUT2D eigenvalue weighted by Crippen LogP contribution is 2.12. The van der Waals surface area contributed by atoms with Crippen LogP contribution in [0.5, 0.6) is 0 Å². The summed E-state index contributed by atoms with van der Waals surface area (Å²) >= 11 is 0. The molecule has 2 atom stereocenters. The van der Waals surface area contributed by atoms with Crippen molar-refractivity contribution in [3.05, 3.63) is 35.1 Å². The van der Waals surface area contributed by atoms with Gasteiger partial charge in [0.1, 0.15) is 5.82 Å². The number of carbonyl (C=O) groups is 1. The van der Waals surface area contributed by atoms with Crippen LogP contribution < -0.4 is 10.6 Å². The molecule has 1 aromatic carbocycles. The third-order valence-corrected chi connectivity index (χ3v) is 3.51. The average molecular weight is 250 g/mol. The number of aryl methyl sites for hydroxylation is 1. The number of hydrogen-bond acceptors (Lipinski definition) is 2. The number of hydrogen-bond donors (Lipinski definition) is 2. The first-order valence-corrected chi connectivity index (χ1v) is 6.38. The zero-order valence-corrected chi connectivity index (χ0v) is 10.8. The van der Waals surface area contributed by atoms with E-state index in [-0.39, 0.29) is 23.8 Å². The number of nitrogens with one attached hydrogen (secondary N) is 2. The molecule has 1 aliphatic rings. The molecule has 0 saturated carbocycles. The standard InChI is InChI=1S/C14H19FN2O/c1-9-5-6-11(8-12(9)15)14(18)17-13-4-3-7-16-10(13)2/h5-6,8,10,13,16H,3-4,7H2,1-2H3,(H,17,18)/t10-,13-/m0/s1. The molecule has 0 aromatic heterocycles. The number of rotatable bonds is 2. The number of amides is 1.